The monoisotopic (exact) mass is 566 g/mol. The van der Waals surface area contributed by atoms with Gasteiger partial charge in [0.1, 0.15) is 17.5 Å². The molecular weight excluding hydrogens is 527 g/mol. The fraction of sp³-hybridized carbons (Fsp3) is 0.542. The molecule has 0 aliphatic carbocycles. The highest BCUT2D eigenvalue weighted by Gasteiger charge is 2.16. The van der Waals surface area contributed by atoms with E-state index in [-0.39, 0.29) is 24.0 Å². The Hall–Kier alpha value is -2.32. The zero-order valence-corrected chi connectivity index (χ0v) is 22.8. The van der Waals surface area contributed by atoms with E-state index >= 15 is 0 Å². The van der Waals surface area contributed by atoms with Gasteiger partial charge < -0.3 is 16.4 Å². The first-order chi connectivity index (χ1) is 15.4. The molecule has 0 bridgehead atoms. The van der Waals surface area contributed by atoms with Crippen molar-refractivity contribution in [3.8, 4) is 11.8 Å². The van der Waals surface area contributed by atoms with Crippen LogP contribution in [0.4, 0.5) is 5.82 Å². The summed E-state index contributed by atoms with van der Waals surface area (Å²) in [6, 6.07) is 12.9. The van der Waals surface area contributed by atoms with Gasteiger partial charge >= 0.3 is 0 Å². The molecule has 0 saturated carbocycles. The Bertz CT molecular complexity index is 891. The Morgan fingerprint density at radius 3 is 2.42 bits per heavy atom. The second-order valence-corrected chi connectivity index (χ2v) is 8.28. The molecule has 0 spiro atoms. The molecule has 4 N–H and O–H groups in total. The summed E-state index contributed by atoms with van der Waals surface area (Å²) in [5.74, 6) is 1.20. The van der Waals surface area contributed by atoms with Crippen LogP contribution in [-0.4, -0.2) is 58.9 Å². The number of nitriles is 1. The number of anilines is 1. The molecule has 1 aromatic carbocycles. The number of guanidine groups is 1. The van der Waals surface area contributed by atoms with Gasteiger partial charge in [0.2, 0.25) is 0 Å². The van der Waals surface area contributed by atoms with E-state index in [0.717, 1.165) is 37.7 Å². The van der Waals surface area contributed by atoms with Crippen LogP contribution in [0.15, 0.2) is 35.3 Å². The molecule has 1 heterocycles. The number of nitrogens with two attached hydrogens (primary N) is 1. The average molecular weight is 567 g/mol. The van der Waals surface area contributed by atoms with Crippen LogP contribution in [0, 0.1) is 11.3 Å². The lowest BCUT2D eigenvalue weighted by Crippen LogP contribution is -2.45. The summed E-state index contributed by atoms with van der Waals surface area (Å²) in [7, 11) is 0. The third-order valence-electron chi connectivity index (χ3n) is 5.28. The number of benzene rings is 1. The van der Waals surface area contributed by atoms with Gasteiger partial charge in [-0.1, -0.05) is 18.2 Å². The molecule has 0 atom stereocenters. The third-order valence-corrected chi connectivity index (χ3v) is 5.28. The summed E-state index contributed by atoms with van der Waals surface area (Å²) in [4.78, 5) is 7.14. The van der Waals surface area contributed by atoms with Crippen LogP contribution in [-0.2, 0) is 6.42 Å². The quantitative estimate of drug-likeness (QED) is 0.166. The van der Waals surface area contributed by atoms with Gasteiger partial charge in [-0.05, 0) is 59.6 Å². The highest BCUT2D eigenvalue weighted by Crippen LogP contribution is 2.21. The van der Waals surface area contributed by atoms with Crippen LogP contribution < -0.4 is 16.4 Å². The van der Waals surface area contributed by atoms with Crippen LogP contribution in [0.5, 0.6) is 0 Å². The maximum Gasteiger partial charge on any atom is 0.191 e. The highest BCUT2D eigenvalue weighted by atomic mass is 127. The minimum absolute atomic E-state index is 0. The summed E-state index contributed by atoms with van der Waals surface area (Å²) in [5.41, 5.74) is 8.20. The largest absolute Gasteiger partial charge is 0.382 e. The third kappa shape index (κ3) is 8.51. The van der Waals surface area contributed by atoms with Crippen molar-refractivity contribution in [3.63, 3.8) is 0 Å². The van der Waals surface area contributed by atoms with Gasteiger partial charge in [0, 0.05) is 38.3 Å². The standard InChI is InChI=1S/C24H38N8.HI/c1-6-27-24(29-15-16-31(18(2)3)19(4)5)28-14-10-13-22-21(17-25)23(26)32(30-22)20-11-8-7-9-12-20;/h7-9,11-12,18-19H,6,10,13-16,26H2,1-5H3,(H2,27,28,29);1H. The second-order valence-electron chi connectivity index (χ2n) is 8.28. The van der Waals surface area contributed by atoms with Crippen LogP contribution in [0.25, 0.3) is 5.69 Å². The number of aromatic nitrogens is 2. The summed E-state index contributed by atoms with van der Waals surface area (Å²) in [6.45, 7) is 14.2. The Morgan fingerprint density at radius 2 is 1.85 bits per heavy atom. The predicted octanol–water partition coefficient (Wildman–Crippen LogP) is 3.55. The fourth-order valence-electron chi connectivity index (χ4n) is 3.74. The van der Waals surface area contributed by atoms with Crippen molar-refractivity contribution < 1.29 is 0 Å². The van der Waals surface area contributed by atoms with Crippen LogP contribution >= 0.6 is 24.0 Å². The normalized spacial score (nSPS) is 11.5. The first kappa shape index (κ1) is 28.7. The maximum absolute atomic E-state index is 9.56. The fourth-order valence-corrected chi connectivity index (χ4v) is 3.74. The number of nitrogens with zero attached hydrogens (tertiary/aromatic N) is 5. The van der Waals surface area contributed by atoms with Crippen molar-refractivity contribution in [1.29, 1.82) is 5.26 Å². The first-order valence-corrected chi connectivity index (χ1v) is 11.5. The van der Waals surface area contributed by atoms with Crippen molar-refractivity contribution in [1.82, 2.24) is 25.3 Å². The van der Waals surface area contributed by atoms with E-state index in [4.69, 9.17) is 5.73 Å². The number of nitrogen functional groups attached to an aromatic ring is 1. The first-order valence-electron chi connectivity index (χ1n) is 11.5. The molecule has 0 radical (unpaired) electrons. The van der Waals surface area contributed by atoms with Crippen molar-refractivity contribution >= 4 is 35.8 Å². The Morgan fingerprint density at radius 1 is 1.18 bits per heavy atom. The number of hydrogen-bond donors (Lipinski definition) is 3. The molecule has 9 heteroatoms. The number of halogens is 1. The Labute approximate surface area is 215 Å². The number of rotatable bonds is 11. The van der Waals surface area contributed by atoms with E-state index < -0.39 is 0 Å². The van der Waals surface area contributed by atoms with Gasteiger partial charge in [0.05, 0.1) is 11.4 Å². The summed E-state index contributed by atoms with van der Waals surface area (Å²) < 4.78 is 1.64. The van der Waals surface area contributed by atoms with Crippen molar-refractivity contribution in [2.24, 2.45) is 4.99 Å². The average Bonchev–Trinajstić information content (AvgIpc) is 3.09. The van der Waals surface area contributed by atoms with Crippen molar-refractivity contribution in [2.75, 3.05) is 31.9 Å². The van der Waals surface area contributed by atoms with E-state index in [1.807, 2.05) is 30.3 Å². The molecule has 8 nitrogen and oxygen atoms in total. The molecule has 2 rings (SSSR count). The van der Waals surface area contributed by atoms with Crippen LogP contribution in [0.2, 0.25) is 0 Å². The number of nitrogens with one attached hydrogen (secondary N) is 2. The summed E-state index contributed by atoms with van der Waals surface area (Å²) in [6.07, 6.45) is 1.42. The molecule has 0 unspecified atom stereocenters. The highest BCUT2D eigenvalue weighted by molar-refractivity contribution is 14.0. The van der Waals surface area contributed by atoms with Gasteiger partial charge in [-0.25, -0.2) is 4.68 Å². The second kappa shape index (κ2) is 14.8. The lowest BCUT2D eigenvalue weighted by Gasteiger charge is -2.30. The summed E-state index contributed by atoms with van der Waals surface area (Å²) in [5, 5.41) is 20.9. The molecular formula is C24H39IN8. The zero-order chi connectivity index (χ0) is 23.5. The number of aliphatic imine (C=N–C) groups is 1. The zero-order valence-electron chi connectivity index (χ0n) is 20.5. The number of aryl methyl sites for hydroxylation is 1. The molecule has 33 heavy (non-hydrogen) atoms. The Kier molecular flexibility index (Phi) is 12.8. The van der Waals surface area contributed by atoms with E-state index in [1.165, 1.54) is 0 Å². The smallest absolute Gasteiger partial charge is 0.191 e. The van der Waals surface area contributed by atoms with E-state index in [0.29, 0.717) is 42.1 Å². The van der Waals surface area contributed by atoms with Gasteiger partial charge in [0.15, 0.2) is 5.96 Å². The molecule has 0 fully saturated rings. The molecule has 0 amide bonds. The van der Waals surface area contributed by atoms with Crippen LogP contribution in [0.3, 0.4) is 0 Å². The molecule has 0 aliphatic rings. The summed E-state index contributed by atoms with van der Waals surface area (Å²) >= 11 is 0. The topological polar surface area (TPSA) is 107 Å². The molecule has 0 saturated heterocycles. The molecule has 0 aliphatic heterocycles. The number of hydrogen-bond acceptors (Lipinski definition) is 5. The molecule has 182 valence electrons. The van der Waals surface area contributed by atoms with E-state index in [9.17, 15) is 5.26 Å². The lowest BCUT2D eigenvalue weighted by atomic mass is 10.1. The van der Waals surface area contributed by atoms with Gasteiger partial charge in [-0.3, -0.25) is 9.89 Å². The van der Waals surface area contributed by atoms with E-state index in [1.54, 1.807) is 4.68 Å². The predicted molar refractivity (Wildman–Crippen MR) is 147 cm³/mol. The van der Waals surface area contributed by atoms with E-state index in [2.05, 4.69) is 66.3 Å². The maximum atomic E-state index is 9.56. The van der Waals surface area contributed by atoms with Crippen molar-refractivity contribution in [3.05, 3.63) is 41.6 Å². The minimum Gasteiger partial charge on any atom is -0.382 e. The molecule has 1 aromatic heterocycles. The van der Waals surface area contributed by atoms with Gasteiger partial charge in [-0.15, -0.1) is 24.0 Å². The lowest BCUT2D eigenvalue weighted by molar-refractivity contribution is 0.178. The SMILES string of the molecule is CCNC(=NCCCc1nn(-c2ccccc2)c(N)c1C#N)NCCN(C(C)C)C(C)C.I. The van der Waals surface area contributed by atoms with Crippen LogP contribution in [0.1, 0.15) is 52.3 Å². The van der Waals surface area contributed by atoms with Gasteiger partial charge in [0.25, 0.3) is 0 Å². The molecule has 2 aromatic rings. The van der Waals surface area contributed by atoms with Gasteiger partial charge in [-0.2, -0.15) is 10.4 Å². The number of para-hydroxylation sites is 1. The van der Waals surface area contributed by atoms with Crippen molar-refractivity contribution in [2.45, 2.75) is 59.5 Å². The Balaban J connectivity index is 0.00000544. The minimum atomic E-state index is 0.